The number of carbonyl (C=O) groups is 1. The highest BCUT2D eigenvalue weighted by Crippen LogP contribution is 2.33. The highest BCUT2D eigenvalue weighted by Gasteiger charge is 2.24. The van der Waals surface area contributed by atoms with Gasteiger partial charge in [0, 0.05) is 6.07 Å². The molecule has 10 nitrogen and oxygen atoms in total. The largest absolute Gasteiger partial charge is 0.504 e. The van der Waals surface area contributed by atoms with Gasteiger partial charge < -0.3 is 19.3 Å². The fourth-order valence-electron chi connectivity index (χ4n) is 2.49. The van der Waals surface area contributed by atoms with Gasteiger partial charge in [0.2, 0.25) is 10.0 Å². The van der Waals surface area contributed by atoms with Crippen LogP contribution in [0.1, 0.15) is 5.56 Å². The van der Waals surface area contributed by atoms with Gasteiger partial charge in [0.05, 0.1) is 39.5 Å². The number of methoxy groups -OCH3 is 3. The van der Waals surface area contributed by atoms with E-state index in [-0.39, 0.29) is 22.9 Å². The Bertz CT molecular complexity index is 1040. The number of carbonyl (C=O) groups excluding carboxylic acids is 1. The van der Waals surface area contributed by atoms with Crippen molar-refractivity contribution >= 4 is 27.8 Å². The highest BCUT2D eigenvalue weighted by molar-refractivity contribution is 7.92. The molecule has 11 heteroatoms. The van der Waals surface area contributed by atoms with Crippen LogP contribution in [0.25, 0.3) is 0 Å². The molecule has 0 fully saturated rings. The highest BCUT2D eigenvalue weighted by atomic mass is 32.2. The lowest BCUT2D eigenvalue weighted by Crippen LogP contribution is -2.39. The van der Waals surface area contributed by atoms with Crippen LogP contribution in [0.5, 0.6) is 23.0 Å². The maximum Gasteiger partial charge on any atom is 0.260 e. The lowest BCUT2D eigenvalue weighted by Gasteiger charge is -2.23. The number of benzene rings is 2. The van der Waals surface area contributed by atoms with E-state index in [9.17, 15) is 18.3 Å². The number of ether oxygens (including phenoxy) is 3. The third-order valence-electron chi connectivity index (χ3n) is 3.95. The van der Waals surface area contributed by atoms with E-state index >= 15 is 0 Å². The molecule has 30 heavy (non-hydrogen) atoms. The van der Waals surface area contributed by atoms with Crippen molar-refractivity contribution < 1.29 is 32.5 Å². The van der Waals surface area contributed by atoms with Gasteiger partial charge >= 0.3 is 0 Å². The summed E-state index contributed by atoms with van der Waals surface area (Å²) < 4.78 is 40.9. The fourth-order valence-corrected chi connectivity index (χ4v) is 3.34. The maximum absolute atomic E-state index is 12.3. The molecule has 0 aliphatic carbocycles. The third-order valence-corrected chi connectivity index (χ3v) is 5.08. The van der Waals surface area contributed by atoms with Crippen molar-refractivity contribution in [2.45, 2.75) is 0 Å². The van der Waals surface area contributed by atoms with E-state index in [2.05, 4.69) is 10.5 Å². The molecule has 162 valence electrons. The molecule has 0 spiro atoms. The molecule has 0 aliphatic heterocycles. The predicted octanol–water partition coefficient (Wildman–Crippen LogP) is 1.33. The van der Waals surface area contributed by atoms with Gasteiger partial charge in [-0.05, 0) is 35.9 Å². The first-order chi connectivity index (χ1) is 14.2. The van der Waals surface area contributed by atoms with Crippen molar-refractivity contribution in [3.05, 3.63) is 42.0 Å². The van der Waals surface area contributed by atoms with E-state index in [1.165, 1.54) is 45.7 Å². The average molecular weight is 437 g/mol. The van der Waals surface area contributed by atoms with Gasteiger partial charge in [-0.15, -0.1) is 0 Å². The smallest absolute Gasteiger partial charge is 0.260 e. The number of phenolic OH excluding ortho intramolecular Hbond substituents is 1. The van der Waals surface area contributed by atoms with Crippen LogP contribution in [0.3, 0.4) is 0 Å². The van der Waals surface area contributed by atoms with Crippen molar-refractivity contribution in [3.63, 3.8) is 0 Å². The zero-order valence-corrected chi connectivity index (χ0v) is 17.8. The standard InChI is InChI=1S/C19H23N3O7S/c1-27-14-6-8-17(28-2)15(10-14)22(30(4,25)26)12-19(24)21-20-11-13-5-7-16(23)18(9-13)29-3/h5-11,23H,12H2,1-4H3,(H,21,24)/b20-11-. The minimum atomic E-state index is -3.82. The Morgan fingerprint density at radius 2 is 1.80 bits per heavy atom. The summed E-state index contributed by atoms with van der Waals surface area (Å²) in [5.74, 6) is 0.202. The summed E-state index contributed by atoms with van der Waals surface area (Å²) in [6, 6.07) is 9.12. The zero-order chi connectivity index (χ0) is 22.3. The summed E-state index contributed by atoms with van der Waals surface area (Å²) in [7, 11) is 0.418. The Morgan fingerprint density at radius 3 is 2.40 bits per heavy atom. The lowest BCUT2D eigenvalue weighted by molar-refractivity contribution is -0.119. The van der Waals surface area contributed by atoms with Crippen LogP contribution in [-0.4, -0.2) is 59.8 Å². The van der Waals surface area contributed by atoms with E-state index in [0.29, 0.717) is 11.3 Å². The first-order valence-corrected chi connectivity index (χ1v) is 10.4. The molecule has 1 amide bonds. The Kier molecular flexibility index (Phi) is 7.48. The van der Waals surface area contributed by atoms with Crippen molar-refractivity contribution in [2.24, 2.45) is 5.10 Å². The second-order valence-corrected chi connectivity index (χ2v) is 7.94. The fraction of sp³-hybridized carbons (Fsp3) is 0.263. The van der Waals surface area contributed by atoms with Crippen LogP contribution in [0.2, 0.25) is 0 Å². The molecule has 2 aromatic rings. The van der Waals surface area contributed by atoms with Crippen molar-refractivity contribution in [2.75, 3.05) is 38.4 Å². The van der Waals surface area contributed by atoms with Crippen molar-refractivity contribution in [1.82, 2.24) is 5.43 Å². The summed E-state index contributed by atoms with van der Waals surface area (Å²) in [5, 5.41) is 13.4. The SMILES string of the molecule is COc1ccc(OC)c(N(CC(=O)N/N=C\c2ccc(O)c(OC)c2)S(C)(=O)=O)c1. The molecule has 2 aromatic carbocycles. The molecule has 0 bridgehead atoms. The van der Waals surface area contributed by atoms with E-state index in [4.69, 9.17) is 14.2 Å². The Balaban J connectivity index is 2.19. The molecule has 0 aliphatic rings. The van der Waals surface area contributed by atoms with Crippen LogP contribution >= 0.6 is 0 Å². The average Bonchev–Trinajstić information content (AvgIpc) is 2.71. The normalized spacial score (nSPS) is 11.2. The van der Waals surface area contributed by atoms with Gasteiger partial charge in [-0.25, -0.2) is 13.8 Å². The van der Waals surface area contributed by atoms with E-state index in [0.717, 1.165) is 10.6 Å². The molecule has 0 unspecified atom stereocenters. The minimum absolute atomic E-state index is 0.0327. The third kappa shape index (κ3) is 5.77. The van der Waals surface area contributed by atoms with Crippen LogP contribution in [0.15, 0.2) is 41.5 Å². The molecule has 0 radical (unpaired) electrons. The summed E-state index contributed by atoms with van der Waals surface area (Å²) in [6.07, 6.45) is 2.31. The quantitative estimate of drug-likeness (QED) is 0.448. The first-order valence-electron chi connectivity index (χ1n) is 8.58. The number of hydrogen-bond donors (Lipinski definition) is 2. The molecule has 0 saturated carbocycles. The van der Waals surface area contributed by atoms with Crippen LogP contribution in [0.4, 0.5) is 5.69 Å². The number of anilines is 1. The van der Waals surface area contributed by atoms with E-state index < -0.39 is 22.5 Å². The molecule has 0 atom stereocenters. The number of nitrogens with zero attached hydrogens (tertiary/aromatic N) is 2. The monoisotopic (exact) mass is 437 g/mol. The van der Waals surface area contributed by atoms with Gasteiger partial charge in [-0.2, -0.15) is 5.10 Å². The summed E-state index contributed by atoms with van der Waals surface area (Å²) in [6.45, 7) is -0.529. The predicted molar refractivity (Wildman–Crippen MR) is 112 cm³/mol. The molecule has 0 heterocycles. The summed E-state index contributed by atoms with van der Waals surface area (Å²) >= 11 is 0. The molecule has 2 N–H and O–H groups in total. The summed E-state index contributed by atoms with van der Waals surface area (Å²) in [4.78, 5) is 12.3. The number of phenols is 1. The number of hydrogen-bond acceptors (Lipinski definition) is 8. The molecular weight excluding hydrogens is 414 g/mol. The molecular formula is C19H23N3O7S. The van der Waals surface area contributed by atoms with Gasteiger partial charge in [0.1, 0.15) is 18.0 Å². The minimum Gasteiger partial charge on any atom is -0.504 e. The van der Waals surface area contributed by atoms with Gasteiger partial charge in [0.15, 0.2) is 11.5 Å². The molecule has 0 saturated heterocycles. The molecule has 2 rings (SSSR count). The Morgan fingerprint density at radius 1 is 1.10 bits per heavy atom. The van der Waals surface area contributed by atoms with Gasteiger partial charge in [-0.3, -0.25) is 9.10 Å². The van der Waals surface area contributed by atoms with Gasteiger partial charge in [0.25, 0.3) is 5.91 Å². The van der Waals surface area contributed by atoms with Crippen LogP contribution < -0.4 is 23.9 Å². The Labute approximate surface area is 174 Å². The zero-order valence-electron chi connectivity index (χ0n) is 16.9. The second kappa shape index (κ2) is 9.83. The first kappa shape index (κ1) is 22.8. The van der Waals surface area contributed by atoms with E-state index in [1.54, 1.807) is 18.2 Å². The Hall–Kier alpha value is -3.47. The number of aromatic hydroxyl groups is 1. The second-order valence-electron chi connectivity index (χ2n) is 6.03. The van der Waals surface area contributed by atoms with Crippen LogP contribution in [0, 0.1) is 0 Å². The van der Waals surface area contributed by atoms with Crippen molar-refractivity contribution in [1.29, 1.82) is 0 Å². The number of hydrazone groups is 1. The number of nitrogens with one attached hydrogen (secondary N) is 1. The van der Waals surface area contributed by atoms with Crippen LogP contribution in [-0.2, 0) is 14.8 Å². The maximum atomic E-state index is 12.3. The summed E-state index contributed by atoms with van der Waals surface area (Å²) in [5.41, 5.74) is 2.98. The van der Waals surface area contributed by atoms with Crippen molar-refractivity contribution in [3.8, 4) is 23.0 Å². The number of sulfonamides is 1. The number of amides is 1. The lowest BCUT2D eigenvalue weighted by atomic mass is 10.2. The number of rotatable bonds is 9. The molecule has 0 aromatic heterocycles. The van der Waals surface area contributed by atoms with Gasteiger partial charge in [-0.1, -0.05) is 0 Å². The van der Waals surface area contributed by atoms with E-state index in [1.807, 2.05) is 0 Å². The topological polar surface area (TPSA) is 127 Å².